The van der Waals surface area contributed by atoms with Crippen molar-refractivity contribution in [1.82, 2.24) is 15.1 Å². The number of halogens is 1. The van der Waals surface area contributed by atoms with Crippen molar-refractivity contribution in [1.29, 1.82) is 0 Å². The Morgan fingerprint density at radius 3 is 2.70 bits per heavy atom. The number of pyridine rings is 1. The Hall–Kier alpha value is -2.40. The van der Waals surface area contributed by atoms with E-state index in [0.29, 0.717) is 34.5 Å². The van der Waals surface area contributed by atoms with Crippen LogP contribution in [0.5, 0.6) is 0 Å². The number of nitrogens with zero attached hydrogens (tertiary/aromatic N) is 3. The third-order valence-corrected chi connectivity index (χ3v) is 3.04. The molecule has 3 rings (SSSR count). The van der Waals surface area contributed by atoms with Crippen LogP contribution >= 0.6 is 11.6 Å². The van der Waals surface area contributed by atoms with Crippen LogP contribution in [0.15, 0.2) is 47.1 Å². The summed E-state index contributed by atoms with van der Waals surface area (Å²) in [5, 5.41) is 4.63. The average molecular weight is 287 g/mol. The van der Waals surface area contributed by atoms with E-state index in [0.717, 1.165) is 5.56 Å². The Morgan fingerprint density at radius 1 is 1.15 bits per heavy atom. The maximum absolute atomic E-state index is 5.84. The highest BCUT2D eigenvalue weighted by molar-refractivity contribution is 6.30. The summed E-state index contributed by atoms with van der Waals surface area (Å²) in [4.78, 5) is 8.45. The molecular weight excluding hydrogens is 276 g/mol. The summed E-state index contributed by atoms with van der Waals surface area (Å²) in [6.45, 7) is 0. The zero-order valence-corrected chi connectivity index (χ0v) is 11.2. The number of hydrogen-bond donors (Lipinski definition) is 1. The van der Waals surface area contributed by atoms with Gasteiger partial charge in [-0.3, -0.25) is 0 Å². The molecule has 20 heavy (non-hydrogen) atoms. The fourth-order valence-corrected chi connectivity index (χ4v) is 1.93. The topological polar surface area (TPSA) is 77.8 Å². The van der Waals surface area contributed by atoms with Crippen LogP contribution in [0.1, 0.15) is 11.4 Å². The third kappa shape index (κ3) is 2.62. The van der Waals surface area contributed by atoms with Crippen LogP contribution in [0.2, 0.25) is 5.02 Å². The van der Waals surface area contributed by atoms with Gasteiger partial charge < -0.3 is 10.3 Å². The molecule has 0 atom stereocenters. The van der Waals surface area contributed by atoms with Crippen LogP contribution in [0, 0.1) is 0 Å². The number of anilines is 1. The summed E-state index contributed by atoms with van der Waals surface area (Å²) in [7, 11) is 0. The minimum absolute atomic E-state index is 0.326. The van der Waals surface area contributed by atoms with Gasteiger partial charge in [-0.15, -0.1) is 0 Å². The maximum atomic E-state index is 5.84. The van der Waals surface area contributed by atoms with E-state index in [2.05, 4.69) is 15.1 Å². The summed E-state index contributed by atoms with van der Waals surface area (Å²) in [6, 6.07) is 11.0. The first-order valence-corrected chi connectivity index (χ1v) is 6.38. The van der Waals surface area contributed by atoms with Gasteiger partial charge in [-0.2, -0.15) is 4.98 Å². The fraction of sp³-hybridized carbons (Fsp3) is 0.0714. The predicted octanol–water partition coefficient (Wildman–Crippen LogP) is 2.96. The zero-order valence-electron chi connectivity index (χ0n) is 10.5. The molecule has 2 heterocycles. The molecule has 5 nitrogen and oxygen atoms in total. The van der Waals surface area contributed by atoms with E-state index in [1.807, 2.05) is 24.3 Å². The van der Waals surface area contributed by atoms with E-state index < -0.39 is 0 Å². The second-order valence-electron chi connectivity index (χ2n) is 4.26. The van der Waals surface area contributed by atoms with Gasteiger partial charge in [0.15, 0.2) is 11.5 Å². The van der Waals surface area contributed by atoms with Crippen molar-refractivity contribution in [3.05, 3.63) is 59.0 Å². The van der Waals surface area contributed by atoms with Gasteiger partial charge in [0.25, 0.3) is 5.89 Å². The number of benzene rings is 1. The Bertz CT molecular complexity index is 724. The first kappa shape index (κ1) is 12.6. The third-order valence-electron chi connectivity index (χ3n) is 2.79. The average Bonchev–Trinajstić information content (AvgIpc) is 2.90. The largest absolute Gasteiger partial charge is 0.397 e. The standard InChI is InChI=1S/C14H11ClN4O/c15-10-5-3-9(4-6-10)8-12-18-14(20-19-12)13-11(16)2-1-7-17-13/h1-7H,8,16H2. The summed E-state index contributed by atoms with van der Waals surface area (Å²) >= 11 is 5.84. The van der Waals surface area contributed by atoms with Crippen molar-refractivity contribution >= 4 is 17.3 Å². The van der Waals surface area contributed by atoms with Gasteiger partial charge in [-0.05, 0) is 29.8 Å². The first-order valence-electron chi connectivity index (χ1n) is 6.00. The van der Waals surface area contributed by atoms with E-state index >= 15 is 0 Å². The first-order chi connectivity index (χ1) is 9.72. The number of aromatic nitrogens is 3. The molecule has 0 bridgehead atoms. The van der Waals surface area contributed by atoms with Crippen LogP contribution in [0.3, 0.4) is 0 Å². The highest BCUT2D eigenvalue weighted by Gasteiger charge is 2.12. The van der Waals surface area contributed by atoms with Gasteiger partial charge in [0, 0.05) is 17.6 Å². The van der Waals surface area contributed by atoms with Crippen LogP contribution in [0.25, 0.3) is 11.6 Å². The highest BCUT2D eigenvalue weighted by Crippen LogP contribution is 2.21. The zero-order chi connectivity index (χ0) is 13.9. The van der Waals surface area contributed by atoms with E-state index in [1.165, 1.54) is 0 Å². The molecule has 0 spiro atoms. The van der Waals surface area contributed by atoms with Gasteiger partial charge >= 0.3 is 0 Å². The lowest BCUT2D eigenvalue weighted by atomic mass is 10.1. The molecule has 0 unspecified atom stereocenters. The molecule has 100 valence electrons. The van der Waals surface area contributed by atoms with Crippen molar-refractivity contribution in [2.75, 3.05) is 5.73 Å². The lowest BCUT2D eigenvalue weighted by Gasteiger charge is -1.97. The highest BCUT2D eigenvalue weighted by atomic mass is 35.5. The fourth-order valence-electron chi connectivity index (χ4n) is 1.80. The monoisotopic (exact) mass is 286 g/mol. The van der Waals surface area contributed by atoms with Gasteiger partial charge in [0.05, 0.1) is 5.69 Å². The molecule has 1 aromatic carbocycles. The minimum atomic E-state index is 0.326. The van der Waals surface area contributed by atoms with E-state index in [-0.39, 0.29) is 0 Å². The Balaban J connectivity index is 1.84. The van der Waals surface area contributed by atoms with Crippen LogP contribution in [0.4, 0.5) is 5.69 Å². The molecule has 2 N–H and O–H groups in total. The van der Waals surface area contributed by atoms with E-state index in [1.54, 1.807) is 18.3 Å². The molecular formula is C14H11ClN4O. The SMILES string of the molecule is Nc1cccnc1-c1nc(Cc2ccc(Cl)cc2)no1. The van der Waals surface area contributed by atoms with Crippen LogP contribution in [-0.2, 0) is 6.42 Å². The molecule has 0 radical (unpaired) electrons. The molecule has 0 saturated heterocycles. The second kappa shape index (κ2) is 5.30. The van der Waals surface area contributed by atoms with Crippen LogP contribution in [-0.4, -0.2) is 15.1 Å². The normalized spacial score (nSPS) is 10.7. The van der Waals surface area contributed by atoms with E-state index in [9.17, 15) is 0 Å². The summed E-state index contributed by atoms with van der Waals surface area (Å²) < 4.78 is 5.20. The molecule has 0 aliphatic rings. The Kier molecular flexibility index (Phi) is 3.35. The molecule has 6 heteroatoms. The van der Waals surface area contributed by atoms with Crippen molar-refractivity contribution in [2.24, 2.45) is 0 Å². The summed E-state index contributed by atoms with van der Waals surface area (Å²) in [5.74, 6) is 0.902. The maximum Gasteiger partial charge on any atom is 0.278 e. The van der Waals surface area contributed by atoms with Gasteiger partial charge in [0.2, 0.25) is 0 Å². The molecule has 0 aliphatic heterocycles. The van der Waals surface area contributed by atoms with Gasteiger partial charge in [0.1, 0.15) is 0 Å². The number of rotatable bonds is 3. The lowest BCUT2D eigenvalue weighted by Crippen LogP contribution is -1.93. The van der Waals surface area contributed by atoms with Gasteiger partial charge in [-0.25, -0.2) is 4.98 Å². The van der Waals surface area contributed by atoms with Crippen molar-refractivity contribution in [3.8, 4) is 11.6 Å². The lowest BCUT2D eigenvalue weighted by molar-refractivity contribution is 0.423. The Morgan fingerprint density at radius 2 is 1.95 bits per heavy atom. The molecule has 2 aromatic heterocycles. The van der Waals surface area contributed by atoms with Gasteiger partial charge in [-0.1, -0.05) is 28.9 Å². The van der Waals surface area contributed by atoms with Crippen molar-refractivity contribution in [2.45, 2.75) is 6.42 Å². The van der Waals surface area contributed by atoms with Crippen molar-refractivity contribution < 1.29 is 4.52 Å². The smallest absolute Gasteiger partial charge is 0.278 e. The number of nitrogens with two attached hydrogens (primary N) is 1. The quantitative estimate of drug-likeness (QED) is 0.801. The predicted molar refractivity (Wildman–Crippen MR) is 76.2 cm³/mol. The summed E-state index contributed by atoms with van der Waals surface area (Å²) in [6.07, 6.45) is 2.20. The molecule has 0 amide bonds. The number of hydrogen-bond acceptors (Lipinski definition) is 5. The Labute approximate surface area is 120 Å². The molecule has 0 aliphatic carbocycles. The molecule has 0 fully saturated rings. The number of nitrogen functional groups attached to an aromatic ring is 1. The second-order valence-corrected chi connectivity index (χ2v) is 4.70. The minimum Gasteiger partial charge on any atom is -0.397 e. The van der Waals surface area contributed by atoms with E-state index in [4.69, 9.17) is 21.9 Å². The van der Waals surface area contributed by atoms with Crippen molar-refractivity contribution in [3.63, 3.8) is 0 Å². The summed E-state index contributed by atoms with van der Waals surface area (Å²) in [5.41, 5.74) is 7.89. The molecule has 0 saturated carbocycles. The van der Waals surface area contributed by atoms with Crippen LogP contribution < -0.4 is 5.73 Å². The molecule has 3 aromatic rings.